The van der Waals surface area contributed by atoms with E-state index in [9.17, 15) is 0 Å². The highest BCUT2D eigenvalue weighted by molar-refractivity contribution is 7.99. The first-order chi connectivity index (χ1) is 11.9. The van der Waals surface area contributed by atoms with Gasteiger partial charge in [-0.2, -0.15) is 0 Å². The topological polar surface area (TPSA) is 12.4 Å². The van der Waals surface area contributed by atoms with E-state index in [0.29, 0.717) is 11.2 Å². The van der Waals surface area contributed by atoms with E-state index in [-0.39, 0.29) is 0 Å². The van der Waals surface area contributed by atoms with Crippen molar-refractivity contribution in [3.05, 3.63) is 82.0 Å². The molecule has 1 aliphatic carbocycles. The van der Waals surface area contributed by atoms with Crippen LogP contribution in [0.25, 0.3) is 0 Å². The Kier molecular flexibility index (Phi) is 3.57. The second kappa shape index (κ2) is 5.91. The van der Waals surface area contributed by atoms with Gasteiger partial charge in [0.2, 0.25) is 0 Å². The quantitative estimate of drug-likeness (QED) is 0.505. The van der Waals surface area contributed by atoms with E-state index in [4.69, 9.17) is 4.99 Å². The Morgan fingerprint density at radius 1 is 0.917 bits per heavy atom. The summed E-state index contributed by atoms with van der Waals surface area (Å²) in [7, 11) is 0. The van der Waals surface area contributed by atoms with Crippen LogP contribution >= 0.6 is 23.1 Å². The maximum Gasteiger partial charge on any atom is 0.0769 e. The maximum atomic E-state index is 5.16. The van der Waals surface area contributed by atoms with E-state index in [1.54, 1.807) is 0 Å². The maximum absolute atomic E-state index is 5.16. The first-order valence-electron chi connectivity index (χ1n) is 8.36. The fourth-order valence-corrected chi connectivity index (χ4v) is 6.15. The van der Waals surface area contributed by atoms with Crippen LogP contribution in [0.2, 0.25) is 0 Å². The number of aliphatic imine (C=N–C) groups is 1. The van der Waals surface area contributed by atoms with Crippen molar-refractivity contribution in [2.45, 2.75) is 23.0 Å². The van der Waals surface area contributed by atoms with Gasteiger partial charge in [0.15, 0.2) is 0 Å². The Hall–Kier alpha value is -1.84. The Bertz CT molecular complexity index is 911. The lowest BCUT2D eigenvalue weighted by Gasteiger charge is -2.30. The Morgan fingerprint density at radius 2 is 1.79 bits per heavy atom. The molecule has 0 spiro atoms. The molecule has 24 heavy (non-hydrogen) atoms. The summed E-state index contributed by atoms with van der Waals surface area (Å²) in [5.41, 5.74) is 5.21. The molecular weight excluding hydrogens is 330 g/mol. The van der Waals surface area contributed by atoms with Crippen LogP contribution in [0.15, 0.2) is 75.9 Å². The summed E-state index contributed by atoms with van der Waals surface area (Å²) < 4.78 is 0. The SMILES string of the molecule is c1csc([C@H]2Sc3ccccc3N=C3c4ccccc4CC[C@H]32)c1. The number of fused-ring (bicyclic) bond motifs is 4. The van der Waals surface area contributed by atoms with Crippen molar-refractivity contribution in [1.82, 2.24) is 0 Å². The minimum atomic E-state index is 0.459. The van der Waals surface area contributed by atoms with Crippen LogP contribution in [0, 0.1) is 5.92 Å². The van der Waals surface area contributed by atoms with Gasteiger partial charge in [-0.05, 0) is 47.5 Å². The molecule has 0 N–H and O–H groups in total. The summed E-state index contributed by atoms with van der Waals surface area (Å²) in [6, 6.07) is 21.9. The number of hydrogen-bond acceptors (Lipinski definition) is 3. The smallest absolute Gasteiger partial charge is 0.0769 e. The van der Waals surface area contributed by atoms with Crippen LogP contribution in [0.5, 0.6) is 0 Å². The zero-order valence-electron chi connectivity index (χ0n) is 13.2. The van der Waals surface area contributed by atoms with E-state index >= 15 is 0 Å². The highest BCUT2D eigenvalue weighted by Gasteiger charge is 2.36. The van der Waals surface area contributed by atoms with Crippen molar-refractivity contribution in [2.24, 2.45) is 10.9 Å². The van der Waals surface area contributed by atoms with Crippen LogP contribution in [-0.4, -0.2) is 5.71 Å². The molecule has 118 valence electrons. The Balaban J connectivity index is 1.73. The molecule has 0 amide bonds. The molecule has 2 aliphatic rings. The normalized spacial score (nSPS) is 21.9. The first kappa shape index (κ1) is 14.5. The van der Waals surface area contributed by atoms with Crippen LogP contribution in [-0.2, 0) is 6.42 Å². The number of thiophene rings is 1. The molecule has 0 radical (unpaired) electrons. The molecule has 0 fully saturated rings. The Morgan fingerprint density at radius 3 is 2.71 bits per heavy atom. The van der Waals surface area contributed by atoms with Gasteiger partial charge < -0.3 is 0 Å². The second-order valence-electron chi connectivity index (χ2n) is 6.32. The molecule has 0 saturated heterocycles. The van der Waals surface area contributed by atoms with E-state index in [0.717, 1.165) is 12.1 Å². The fourth-order valence-electron chi connectivity index (χ4n) is 3.78. The molecule has 0 saturated carbocycles. The zero-order chi connectivity index (χ0) is 15.9. The van der Waals surface area contributed by atoms with Gasteiger partial charge >= 0.3 is 0 Å². The molecule has 3 heteroatoms. The van der Waals surface area contributed by atoms with Crippen LogP contribution in [0.4, 0.5) is 5.69 Å². The summed E-state index contributed by atoms with van der Waals surface area (Å²) in [5.74, 6) is 0.482. The lowest BCUT2D eigenvalue weighted by Crippen LogP contribution is -2.26. The van der Waals surface area contributed by atoms with Gasteiger partial charge in [0.05, 0.1) is 16.6 Å². The average molecular weight is 348 g/mol. The summed E-state index contributed by atoms with van der Waals surface area (Å²) in [5, 5.41) is 2.65. The predicted octanol–water partition coefficient (Wildman–Crippen LogP) is 6.28. The van der Waals surface area contributed by atoms with E-state index in [2.05, 4.69) is 66.0 Å². The van der Waals surface area contributed by atoms with Gasteiger partial charge in [-0.25, -0.2) is 0 Å². The van der Waals surface area contributed by atoms with Crippen LogP contribution < -0.4 is 0 Å². The number of rotatable bonds is 1. The van der Waals surface area contributed by atoms with Crippen molar-refractivity contribution < 1.29 is 0 Å². The molecule has 5 rings (SSSR count). The van der Waals surface area contributed by atoms with Crippen molar-refractivity contribution in [1.29, 1.82) is 0 Å². The molecular formula is C21H17NS2. The first-order valence-corrected chi connectivity index (χ1v) is 10.1. The monoisotopic (exact) mass is 347 g/mol. The van der Waals surface area contributed by atoms with Gasteiger partial charge in [-0.3, -0.25) is 4.99 Å². The molecule has 2 aromatic carbocycles. The van der Waals surface area contributed by atoms with Gasteiger partial charge in [-0.15, -0.1) is 23.1 Å². The highest BCUT2D eigenvalue weighted by Crippen LogP contribution is 2.51. The van der Waals surface area contributed by atoms with Crippen LogP contribution in [0.1, 0.15) is 27.7 Å². The lowest BCUT2D eigenvalue weighted by molar-refractivity contribution is 0.602. The van der Waals surface area contributed by atoms with E-state index in [1.807, 2.05) is 23.1 Å². The largest absolute Gasteiger partial charge is 0.251 e. The van der Waals surface area contributed by atoms with Crippen molar-refractivity contribution >= 4 is 34.5 Å². The minimum absolute atomic E-state index is 0.459. The van der Waals surface area contributed by atoms with Crippen molar-refractivity contribution in [3.63, 3.8) is 0 Å². The van der Waals surface area contributed by atoms with Crippen LogP contribution in [0.3, 0.4) is 0 Å². The van der Waals surface area contributed by atoms with Crippen molar-refractivity contribution in [2.75, 3.05) is 0 Å². The molecule has 3 aromatic rings. The number of benzene rings is 2. The predicted molar refractivity (Wildman–Crippen MR) is 104 cm³/mol. The summed E-state index contributed by atoms with van der Waals surface area (Å²) in [4.78, 5) is 7.93. The molecule has 0 unspecified atom stereocenters. The lowest BCUT2D eigenvalue weighted by atomic mass is 9.80. The number of aryl methyl sites for hydroxylation is 1. The molecule has 1 aromatic heterocycles. The molecule has 2 atom stereocenters. The molecule has 2 heterocycles. The Labute approximate surface area is 150 Å². The van der Waals surface area contributed by atoms with E-state index < -0.39 is 0 Å². The third-order valence-electron chi connectivity index (χ3n) is 4.92. The zero-order valence-corrected chi connectivity index (χ0v) is 14.8. The third kappa shape index (κ3) is 2.35. The summed E-state index contributed by atoms with van der Waals surface area (Å²) >= 11 is 3.87. The molecule has 0 bridgehead atoms. The number of hydrogen-bond donors (Lipinski definition) is 0. The average Bonchev–Trinajstić information content (AvgIpc) is 3.10. The van der Waals surface area contributed by atoms with Gasteiger partial charge in [-0.1, -0.05) is 42.5 Å². The molecule has 1 aliphatic heterocycles. The minimum Gasteiger partial charge on any atom is -0.251 e. The number of para-hydroxylation sites is 1. The second-order valence-corrected chi connectivity index (χ2v) is 8.48. The van der Waals surface area contributed by atoms with Crippen molar-refractivity contribution in [3.8, 4) is 0 Å². The number of nitrogens with zero attached hydrogens (tertiary/aromatic N) is 1. The summed E-state index contributed by atoms with van der Waals surface area (Å²) in [6.07, 6.45) is 2.33. The third-order valence-corrected chi connectivity index (χ3v) is 7.46. The molecule has 1 nitrogen and oxygen atoms in total. The van der Waals surface area contributed by atoms with Gasteiger partial charge in [0.1, 0.15) is 0 Å². The highest BCUT2D eigenvalue weighted by atomic mass is 32.2. The van der Waals surface area contributed by atoms with Gasteiger partial charge in [0, 0.05) is 15.7 Å². The van der Waals surface area contributed by atoms with Gasteiger partial charge in [0.25, 0.3) is 0 Å². The fraction of sp³-hybridized carbons (Fsp3) is 0.190. The van der Waals surface area contributed by atoms with E-state index in [1.165, 1.54) is 33.0 Å². The standard InChI is InChI=1S/C21H17NS2/c1-2-7-15-14(6-1)11-12-16-20(15)22-17-8-3-4-9-18(17)24-21(16)19-10-5-13-23-19/h1-10,13,16,21H,11-12H2/t16-,21+/m1/s1. The number of thioether (sulfide) groups is 1. The summed E-state index contributed by atoms with van der Waals surface area (Å²) in [6.45, 7) is 0.